The predicted octanol–water partition coefficient (Wildman–Crippen LogP) is 2.95. The average molecular weight is 276 g/mol. The summed E-state index contributed by atoms with van der Waals surface area (Å²) in [7, 11) is 0. The second-order valence-corrected chi connectivity index (χ2v) is 5.70. The molecule has 0 aromatic heterocycles. The first-order valence-corrected chi connectivity index (χ1v) is 6.09. The molecule has 0 unspecified atom stereocenters. The van der Waals surface area contributed by atoms with Crippen molar-refractivity contribution in [3.8, 4) is 17.2 Å². The van der Waals surface area contributed by atoms with Crippen molar-refractivity contribution in [3.05, 3.63) is 29.3 Å². The highest BCUT2D eigenvalue weighted by molar-refractivity contribution is 6.10. The van der Waals surface area contributed by atoms with Gasteiger partial charge in [0, 0.05) is 10.8 Å². The summed E-state index contributed by atoms with van der Waals surface area (Å²) in [5, 5.41) is 39.3. The third-order valence-corrected chi connectivity index (χ3v) is 3.28. The highest BCUT2D eigenvalue weighted by Crippen LogP contribution is 2.47. The van der Waals surface area contributed by atoms with Crippen LogP contribution in [0.25, 0.3) is 10.8 Å². The van der Waals surface area contributed by atoms with Crippen molar-refractivity contribution in [1.29, 1.82) is 0 Å². The van der Waals surface area contributed by atoms with Gasteiger partial charge >= 0.3 is 5.97 Å². The topological polar surface area (TPSA) is 98.0 Å². The van der Waals surface area contributed by atoms with E-state index in [1.807, 2.05) is 20.8 Å². The Labute approximate surface area is 115 Å². The number of hydrogen-bond acceptors (Lipinski definition) is 4. The highest BCUT2D eigenvalue weighted by Gasteiger charge is 2.27. The monoisotopic (exact) mass is 276 g/mol. The lowest BCUT2D eigenvalue weighted by Crippen LogP contribution is -2.12. The molecule has 0 aliphatic heterocycles. The number of aromatic carboxylic acids is 1. The van der Waals surface area contributed by atoms with Crippen LogP contribution in [-0.4, -0.2) is 26.4 Å². The van der Waals surface area contributed by atoms with Crippen LogP contribution in [0.5, 0.6) is 17.2 Å². The molecule has 0 heterocycles. The van der Waals surface area contributed by atoms with Crippen molar-refractivity contribution in [2.24, 2.45) is 0 Å². The second-order valence-electron chi connectivity index (χ2n) is 5.70. The molecule has 4 N–H and O–H groups in total. The van der Waals surface area contributed by atoms with Gasteiger partial charge in [-0.2, -0.15) is 0 Å². The molecule has 0 fully saturated rings. The number of benzene rings is 2. The van der Waals surface area contributed by atoms with Gasteiger partial charge in [-0.25, -0.2) is 4.79 Å². The molecule has 2 aromatic rings. The van der Waals surface area contributed by atoms with Crippen LogP contribution < -0.4 is 0 Å². The van der Waals surface area contributed by atoms with Crippen molar-refractivity contribution in [2.45, 2.75) is 26.2 Å². The summed E-state index contributed by atoms with van der Waals surface area (Å²) in [6.07, 6.45) is 0. The average Bonchev–Trinajstić information content (AvgIpc) is 2.34. The lowest BCUT2D eigenvalue weighted by Gasteiger charge is -2.23. The summed E-state index contributed by atoms with van der Waals surface area (Å²) < 4.78 is 0. The minimum atomic E-state index is -1.37. The Morgan fingerprint density at radius 1 is 1.00 bits per heavy atom. The number of carbonyl (C=O) groups is 1. The minimum absolute atomic E-state index is 0.192. The Morgan fingerprint density at radius 3 is 2.10 bits per heavy atom. The molecule has 106 valence electrons. The third kappa shape index (κ3) is 1.91. The predicted molar refractivity (Wildman–Crippen MR) is 74.6 cm³/mol. The third-order valence-electron chi connectivity index (χ3n) is 3.28. The van der Waals surface area contributed by atoms with Gasteiger partial charge in [-0.3, -0.25) is 0 Å². The lowest BCUT2D eigenvalue weighted by molar-refractivity contribution is 0.0695. The van der Waals surface area contributed by atoms with E-state index in [0.29, 0.717) is 5.56 Å². The molecule has 0 aliphatic carbocycles. The summed E-state index contributed by atoms with van der Waals surface area (Å²) in [6.45, 7) is 5.72. The molecule has 2 aromatic carbocycles. The van der Waals surface area contributed by atoms with Gasteiger partial charge in [0.25, 0.3) is 0 Å². The summed E-state index contributed by atoms with van der Waals surface area (Å²) in [6, 6.07) is 4.91. The zero-order valence-electron chi connectivity index (χ0n) is 11.4. The quantitative estimate of drug-likeness (QED) is 0.600. The Kier molecular flexibility index (Phi) is 3.01. The SMILES string of the molecule is CC(C)(C)c1cccc2c(C(=O)O)c(O)c(O)c(O)c12. The smallest absolute Gasteiger partial charge is 0.340 e. The van der Waals surface area contributed by atoms with Crippen LogP contribution in [0.4, 0.5) is 0 Å². The summed E-state index contributed by atoms with van der Waals surface area (Å²) >= 11 is 0. The lowest BCUT2D eigenvalue weighted by atomic mass is 9.82. The zero-order valence-corrected chi connectivity index (χ0v) is 11.4. The Hall–Kier alpha value is -2.43. The van der Waals surface area contributed by atoms with Crippen LogP contribution in [0, 0.1) is 0 Å². The Balaban J connectivity index is 3.09. The number of carboxylic acid groups (broad SMARTS) is 1. The van der Waals surface area contributed by atoms with Crippen LogP contribution in [0.1, 0.15) is 36.7 Å². The van der Waals surface area contributed by atoms with E-state index in [2.05, 4.69) is 0 Å². The first kappa shape index (κ1) is 14.0. The number of carboxylic acids is 1. The van der Waals surface area contributed by atoms with Gasteiger partial charge in [-0.15, -0.1) is 0 Å². The fraction of sp³-hybridized carbons (Fsp3) is 0.267. The fourth-order valence-corrected chi connectivity index (χ4v) is 2.33. The van der Waals surface area contributed by atoms with Gasteiger partial charge in [0.2, 0.25) is 5.75 Å². The number of fused-ring (bicyclic) bond motifs is 1. The van der Waals surface area contributed by atoms with E-state index in [-0.39, 0.29) is 16.2 Å². The maximum Gasteiger partial charge on any atom is 0.340 e. The molecule has 0 radical (unpaired) electrons. The van der Waals surface area contributed by atoms with Gasteiger partial charge in [0.05, 0.1) is 0 Å². The van der Waals surface area contributed by atoms with Crippen LogP contribution in [0.3, 0.4) is 0 Å². The van der Waals surface area contributed by atoms with Gasteiger partial charge < -0.3 is 20.4 Å². The molecule has 5 heteroatoms. The van der Waals surface area contributed by atoms with Crippen LogP contribution in [0.2, 0.25) is 0 Å². The second kappa shape index (κ2) is 4.30. The Bertz CT molecular complexity index is 711. The van der Waals surface area contributed by atoms with E-state index in [9.17, 15) is 25.2 Å². The van der Waals surface area contributed by atoms with Crippen LogP contribution in [0.15, 0.2) is 18.2 Å². The number of phenols is 3. The molecule has 0 atom stereocenters. The maximum absolute atomic E-state index is 11.3. The van der Waals surface area contributed by atoms with Crippen molar-refractivity contribution >= 4 is 16.7 Å². The molecule has 0 saturated carbocycles. The summed E-state index contributed by atoms with van der Waals surface area (Å²) in [5.74, 6) is -3.51. The van der Waals surface area contributed by atoms with Gasteiger partial charge in [-0.05, 0) is 11.0 Å². The van der Waals surface area contributed by atoms with Crippen LogP contribution in [-0.2, 0) is 5.41 Å². The molecule has 0 amide bonds. The standard InChI is InChI=1S/C15H16O5/c1-15(2,3)8-6-4-5-7-9(8)11(16)13(18)12(17)10(7)14(19)20/h4-6,16-18H,1-3H3,(H,19,20). The zero-order chi connectivity index (χ0) is 15.2. The van der Waals surface area contributed by atoms with E-state index in [0.717, 1.165) is 0 Å². The molecule has 0 aliphatic rings. The number of phenolic OH excluding ortho intramolecular Hbond substituents is 2. The molecule has 20 heavy (non-hydrogen) atoms. The minimum Gasteiger partial charge on any atom is -0.504 e. The van der Waals surface area contributed by atoms with Gasteiger partial charge in [-0.1, -0.05) is 39.0 Å². The molecular weight excluding hydrogens is 260 g/mol. The van der Waals surface area contributed by atoms with E-state index >= 15 is 0 Å². The molecule has 2 rings (SSSR count). The number of rotatable bonds is 1. The maximum atomic E-state index is 11.3. The van der Waals surface area contributed by atoms with Crippen LogP contribution >= 0.6 is 0 Å². The fourth-order valence-electron chi connectivity index (χ4n) is 2.33. The molecule has 0 saturated heterocycles. The first-order chi connectivity index (χ1) is 9.16. The van der Waals surface area contributed by atoms with Gasteiger partial charge in [0.1, 0.15) is 5.56 Å². The van der Waals surface area contributed by atoms with Crippen molar-refractivity contribution in [3.63, 3.8) is 0 Å². The summed E-state index contributed by atoms with van der Waals surface area (Å²) in [5.41, 5.74) is -0.0948. The number of aromatic hydroxyl groups is 3. The summed E-state index contributed by atoms with van der Waals surface area (Å²) in [4.78, 5) is 11.3. The molecule has 0 spiro atoms. The molecule has 0 bridgehead atoms. The van der Waals surface area contributed by atoms with Crippen molar-refractivity contribution in [1.82, 2.24) is 0 Å². The number of hydrogen-bond donors (Lipinski definition) is 4. The highest BCUT2D eigenvalue weighted by atomic mass is 16.4. The van der Waals surface area contributed by atoms with E-state index in [1.54, 1.807) is 12.1 Å². The molecule has 5 nitrogen and oxygen atoms in total. The van der Waals surface area contributed by atoms with E-state index < -0.39 is 28.8 Å². The first-order valence-electron chi connectivity index (χ1n) is 6.09. The van der Waals surface area contributed by atoms with E-state index in [1.165, 1.54) is 6.07 Å². The molecular formula is C15H16O5. The Morgan fingerprint density at radius 2 is 1.60 bits per heavy atom. The van der Waals surface area contributed by atoms with Gasteiger partial charge in [0.15, 0.2) is 11.5 Å². The largest absolute Gasteiger partial charge is 0.504 e. The van der Waals surface area contributed by atoms with E-state index in [4.69, 9.17) is 0 Å². The van der Waals surface area contributed by atoms with Crippen molar-refractivity contribution in [2.75, 3.05) is 0 Å². The van der Waals surface area contributed by atoms with Crippen molar-refractivity contribution < 1.29 is 25.2 Å². The normalized spacial score (nSPS) is 11.8.